The number of hydrogen-bond acceptors (Lipinski definition) is 2. The van der Waals surface area contributed by atoms with Crippen molar-refractivity contribution in [3.05, 3.63) is 60.2 Å². The van der Waals surface area contributed by atoms with Gasteiger partial charge in [-0.05, 0) is 18.2 Å². The normalized spacial score (nSPS) is 10.6. The van der Waals surface area contributed by atoms with Crippen molar-refractivity contribution in [1.82, 2.24) is 4.57 Å². The summed E-state index contributed by atoms with van der Waals surface area (Å²) in [5.41, 5.74) is 2.02. The van der Waals surface area contributed by atoms with Gasteiger partial charge in [0.2, 0.25) is 0 Å². The molecule has 0 amide bonds. The fourth-order valence-corrected chi connectivity index (χ4v) is 2.84. The van der Waals surface area contributed by atoms with Crippen LogP contribution >= 0.6 is 12.2 Å². The van der Waals surface area contributed by atoms with Crippen LogP contribution in [0.15, 0.2) is 54.6 Å². The van der Waals surface area contributed by atoms with Crippen LogP contribution in [0.5, 0.6) is 5.88 Å². The van der Waals surface area contributed by atoms with Crippen molar-refractivity contribution in [1.29, 1.82) is 0 Å². The molecule has 7 heteroatoms. The summed E-state index contributed by atoms with van der Waals surface area (Å²) in [5, 5.41) is 3.83. The van der Waals surface area contributed by atoms with E-state index in [-0.39, 0.29) is 5.88 Å². The average Bonchev–Trinajstić information content (AvgIpc) is 2.81. The molecule has 3 aromatic rings. The predicted octanol–water partition coefficient (Wildman–Crippen LogP) is 4.27. The number of aromatic nitrogens is 1. The molecule has 0 atom stereocenters. The maximum Gasteiger partial charge on any atom is 0.797 e. The van der Waals surface area contributed by atoms with E-state index in [0.717, 1.165) is 16.6 Å². The number of fused-ring (bicyclic) bond motifs is 1. The summed E-state index contributed by atoms with van der Waals surface area (Å²) in [6.45, 7) is 0. The summed E-state index contributed by atoms with van der Waals surface area (Å²) in [5.74, 6) is 0.0506. The maximum absolute atomic E-state index is 12.8. The van der Waals surface area contributed by atoms with Gasteiger partial charge in [-0.1, -0.05) is 48.6 Å². The SMILES string of the molecule is Cn1c(OB(F)F)c(C(=S)Nc2ccccc2)c2ccccc21. The molecule has 0 bridgehead atoms. The number of nitrogens with zero attached hydrogens (tertiary/aromatic N) is 1. The fourth-order valence-electron chi connectivity index (χ4n) is 2.53. The minimum Gasteiger partial charge on any atom is -0.491 e. The standard InChI is InChI=1S/C16H13BF2N2OS/c1-21-13-10-6-5-9-12(13)14(16(21)22-17(18)19)15(23)20-11-7-3-2-4-8-11/h2-10H,1H3,(H,20,23). The molecule has 3 rings (SSSR count). The minimum absolute atomic E-state index is 0.0506. The van der Waals surface area contributed by atoms with Gasteiger partial charge >= 0.3 is 7.47 Å². The first-order chi connectivity index (χ1) is 11.1. The van der Waals surface area contributed by atoms with Gasteiger partial charge in [0.15, 0.2) is 5.88 Å². The molecule has 0 spiro atoms. The van der Waals surface area contributed by atoms with Gasteiger partial charge in [-0.3, -0.25) is 0 Å². The van der Waals surface area contributed by atoms with Gasteiger partial charge in [-0.25, -0.2) is 8.63 Å². The van der Waals surface area contributed by atoms with Crippen LogP contribution in [0.25, 0.3) is 10.9 Å². The Hall–Kier alpha value is -2.41. The molecule has 1 heterocycles. The predicted molar refractivity (Wildman–Crippen MR) is 93.3 cm³/mol. The third kappa shape index (κ3) is 3.05. The molecule has 0 aliphatic rings. The average molecular weight is 330 g/mol. The lowest BCUT2D eigenvalue weighted by molar-refractivity contribution is 0.404. The number of benzene rings is 2. The van der Waals surface area contributed by atoms with Gasteiger partial charge in [0, 0.05) is 18.1 Å². The Morgan fingerprint density at radius 2 is 1.74 bits per heavy atom. The second-order valence-electron chi connectivity index (χ2n) is 4.95. The molecular weight excluding hydrogens is 317 g/mol. The van der Waals surface area contributed by atoms with Gasteiger partial charge in [0.25, 0.3) is 0 Å². The van der Waals surface area contributed by atoms with Gasteiger partial charge < -0.3 is 14.5 Å². The largest absolute Gasteiger partial charge is 0.797 e. The van der Waals surface area contributed by atoms with Gasteiger partial charge in [-0.2, -0.15) is 0 Å². The van der Waals surface area contributed by atoms with Crippen molar-refractivity contribution in [3.8, 4) is 5.88 Å². The lowest BCUT2D eigenvalue weighted by Crippen LogP contribution is -2.16. The van der Waals surface area contributed by atoms with Gasteiger partial charge in [-0.15, -0.1) is 0 Å². The van der Waals surface area contributed by atoms with E-state index in [1.165, 1.54) is 0 Å². The van der Waals surface area contributed by atoms with E-state index in [1.54, 1.807) is 11.6 Å². The number of hydrogen-bond donors (Lipinski definition) is 1. The van der Waals surface area contributed by atoms with Crippen LogP contribution in [0.4, 0.5) is 14.3 Å². The number of halogens is 2. The molecule has 0 unspecified atom stereocenters. The van der Waals surface area contributed by atoms with Crippen LogP contribution in [0, 0.1) is 0 Å². The number of anilines is 1. The Kier molecular flexibility index (Phi) is 4.29. The monoisotopic (exact) mass is 330 g/mol. The Bertz CT molecular complexity index is 852. The quantitative estimate of drug-likeness (QED) is 0.572. The highest BCUT2D eigenvalue weighted by atomic mass is 32.1. The lowest BCUT2D eigenvalue weighted by atomic mass is 10.1. The molecule has 3 nitrogen and oxygen atoms in total. The van der Waals surface area contributed by atoms with E-state index >= 15 is 0 Å². The Morgan fingerprint density at radius 3 is 2.43 bits per heavy atom. The number of aryl methyl sites for hydroxylation is 1. The van der Waals surface area contributed by atoms with Crippen molar-refractivity contribution in [2.75, 3.05) is 5.32 Å². The minimum atomic E-state index is -2.92. The van der Waals surface area contributed by atoms with E-state index < -0.39 is 7.47 Å². The summed E-state index contributed by atoms with van der Waals surface area (Å²) in [6, 6.07) is 16.7. The van der Waals surface area contributed by atoms with E-state index in [2.05, 4.69) is 5.32 Å². The van der Waals surface area contributed by atoms with Crippen LogP contribution < -0.4 is 9.97 Å². The van der Waals surface area contributed by atoms with Gasteiger partial charge in [0.1, 0.15) is 4.99 Å². The van der Waals surface area contributed by atoms with Crippen LogP contribution in [0.3, 0.4) is 0 Å². The van der Waals surface area contributed by atoms with E-state index in [9.17, 15) is 8.63 Å². The lowest BCUT2D eigenvalue weighted by Gasteiger charge is -2.11. The summed E-state index contributed by atoms with van der Waals surface area (Å²) in [7, 11) is -1.24. The Labute approximate surface area is 138 Å². The number of rotatable bonds is 4. The van der Waals surface area contributed by atoms with Crippen molar-refractivity contribution in [2.45, 2.75) is 0 Å². The molecule has 1 N–H and O–H groups in total. The van der Waals surface area contributed by atoms with Crippen molar-refractivity contribution < 1.29 is 13.3 Å². The molecule has 23 heavy (non-hydrogen) atoms. The van der Waals surface area contributed by atoms with Gasteiger partial charge in [0.05, 0.1) is 11.1 Å². The first-order valence-electron chi connectivity index (χ1n) is 6.96. The Morgan fingerprint density at radius 1 is 1.09 bits per heavy atom. The van der Waals surface area contributed by atoms with E-state index in [0.29, 0.717) is 10.6 Å². The molecule has 0 radical (unpaired) electrons. The zero-order chi connectivity index (χ0) is 16.4. The smallest absolute Gasteiger partial charge is 0.491 e. The summed E-state index contributed by atoms with van der Waals surface area (Å²) in [4.78, 5) is 0.337. The van der Waals surface area contributed by atoms with Crippen molar-refractivity contribution >= 4 is 41.3 Å². The number of nitrogens with one attached hydrogen (secondary N) is 1. The molecule has 0 fully saturated rings. The summed E-state index contributed by atoms with van der Waals surface area (Å²) in [6.07, 6.45) is 0. The summed E-state index contributed by atoms with van der Waals surface area (Å²) >= 11 is 5.43. The summed E-state index contributed by atoms with van der Waals surface area (Å²) < 4.78 is 31.9. The molecule has 116 valence electrons. The second-order valence-corrected chi connectivity index (χ2v) is 5.36. The molecule has 0 aliphatic carbocycles. The molecular formula is C16H13BF2N2OS. The van der Waals surface area contributed by atoms with Crippen LogP contribution in [0.2, 0.25) is 0 Å². The molecule has 0 saturated carbocycles. The van der Waals surface area contributed by atoms with E-state index in [4.69, 9.17) is 16.9 Å². The van der Waals surface area contributed by atoms with Crippen LogP contribution in [-0.4, -0.2) is 17.0 Å². The van der Waals surface area contributed by atoms with Crippen LogP contribution in [0.1, 0.15) is 5.56 Å². The second kappa shape index (κ2) is 6.38. The topological polar surface area (TPSA) is 26.2 Å². The van der Waals surface area contributed by atoms with E-state index in [1.807, 2.05) is 54.6 Å². The fraction of sp³-hybridized carbons (Fsp3) is 0.0625. The first kappa shape index (κ1) is 15.5. The zero-order valence-electron chi connectivity index (χ0n) is 12.3. The third-order valence-corrected chi connectivity index (χ3v) is 3.82. The Balaban J connectivity index is 2.09. The molecule has 0 saturated heterocycles. The number of thiocarbonyl (C=S) groups is 1. The highest BCUT2D eigenvalue weighted by Gasteiger charge is 2.26. The highest BCUT2D eigenvalue weighted by Crippen LogP contribution is 2.32. The molecule has 0 aliphatic heterocycles. The molecule has 2 aromatic carbocycles. The third-order valence-electron chi connectivity index (χ3n) is 3.51. The molecule has 1 aromatic heterocycles. The highest BCUT2D eigenvalue weighted by molar-refractivity contribution is 7.81. The van der Waals surface area contributed by atoms with Crippen molar-refractivity contribution in [2.24, 2.45) is 7.05 Å². The first-order valence-corrected chi connectivity index (χ1v) is 7.37. The van der Waals surface area contributed by atoms with Crippen LogP contribution in [-0.2, 0) is 7.05 Å². The van der Waals surface area contributed by atoms with Crippen molar-refractivity contribution in [3.63, 3.8) is 0 Å². The zero-order valence-corrected chi connectivity index (χ0v) is 13.1. The maximum atomic E-state index is 12.8. The number of para-hydroxylation sites is 2.